The first-order valence-corrected chi connectivity index (χ1v) is 12.7. The largest absolute Gasteiger partial charge is 0.508 e. The second-order valence-electron chi connectivity index (χ2n) is 8.35. The molecule has 0 radical (unpaired) electrons. The van der Waals surface area contributed by atoms with Gasteiger partial charge in [-0.2, -0.15) is 4.31 Å². The average Bonchev–Trinajstić information content (AvgIpc) is 3.33. The van der Waals surface area contributed by atoms with E-state index in [4.69, 9.17) is 4.84 Å². The van der Waals surface area contributed by atoms with Gasteiger partial charge in [0.25, 0.3) is 0 Å². The monoisotopic (exact) mass is 509 g/mol. The van der Waals surface area contributed by atoms with E-state index in [-0.39, 0.29) is 30.2 Å². The van der Waals surface area contributed by atoms with Crippen molar-refractivity contribution in [2.75, 3.05) is 20.2 Å². The van der Waals surface area contributed by atoms with Crippen molar-refractivity contribution in [2.24, 2.45) is 5.16 Å². The number of amides is 1. The average molecular weight is 510 g/mol. The minimum Gasteiger partial charge on any atom is -0.508 e. The standard InChI is InChI=1S/C26H27N3O6S/c1-35-28-21-15-24(26(32)27-16-25(31)20-7-11-22(30)12-8-20)29(17-21)36(33,34)23-13-9-19(10-14-23)18-5-3-2-4-6-18/h2-14,24-25,30-31H,15-17H2,1H3,(H,27,32)/b28-21-/t24-,25?/m0/s1. The van der Waals surface area contributed by atoms with Crippen molar-refractivity contribution in [2.45, 2.75) is 23.5 Å². The van der Waals surface area contributed by atoms with E-state index in [1.807, 2.05) is 30.3 Å². The minimum atomic E-state index is -4.03. The van der Waals surface area contributed by atoms with E-state index >= 15 is 0 Å². The molecule has 10 heteroatoms. The van der Waals surface area contributed by atoms with E-state index in [1.54, 1.807) is 24.3 Å². The van der Waals surface area contributed by atoms with Gasteiger partial charge < -0.3 is 20.4 Å². The third-order valence-electron chi connectivity index (χ3n) is 5.95. The number of aliphatic hydroxyl groups excluding tert-OH is 1. The van der Waals surface area contributed by atoms with Gasteiger partial charge in [-0.1, -0.05) is 59.8 Å². The van der Waals surface area contributed by atoms with Gasteiger partial charge in [0.15, 0.2) is 0 Å². The lowest BCUT2D eigenvalue weighted by Crippen LogP contribution is -2.46. The Balaban J connectivity index is 1.52. The summed E-state index contributed by atoms with van der Waals surface area (Å²) in [5, 5.41) is 26.3. The van der Waals surface area contributed by atoms with Crippen LogP contribution in [-0.4, -0.2) is 60.8 Å². The molecule has 3 aromatic carbocycles. The second-order valence-corrected chi connectivity index (χ2v) is 10.2. The van der Waals surface area contributed by atoms with Crippen LogP contribution in [0.5, 0.6) is 5.75 Å². The number of hydrogen-bond donors (Lipinski definition) is 3. The smallest absolute Gasteiger partial charge is 0.244 e. The number of carbonyl (C=O) groups excluding carboxylic acids is 1. The fourth-order valence-corrected chi connectivity index (χ4v) is 5.64. The summed E-state index contributed by atoms with van der Waals surface area (Å²) >= 11 is 0. The Labute approximate surface area is 209 Å². The molecule has 2 atom stereocenters. The van der Waals surface area contributed by atoms with Gasteiger partial charge in [-0.25, -0.2) is 8.42 Å². The van der Waals surface area contributed by atoms with E-state index in [1.165, 1.54) is 31.4 Å². The van der Waals surface area contributed by atoms with Crippen molar-refractivity contribution in [1.29, 1.82) is 0 Å². The molecule has 3 aromatic rings. The fourth-order valence-electron chi connectivity index (χ4n) is 4.07. The minimum absolute atomic E-state index is 0.0581. The molecule has 0 saturated carbocycles. The Kier molecular flexibility index (Phi) is 7.68. The summed E-state index contributed by atoms with van der Waals surface area (Å²) in [5.74, 6) is -0.498. The third kappa shape index (κ3) is 5.56. The van der Waals surface area contributed by atoms with Gasteiger partial charge in [-0.3, -0.25) is 4.79 Å². The van der Waals surface area contributed by atoms with Crippen molar-refractivity contribution in [3.63, 3.8) is 0 Å². The lowest BCUT2D eigenvalue weighted by molar-refractivity contribution is -0.124. The van der Waals surface area contributed by atoms with Crippen LogP contribution in [0, 0.1) is 0 Å². The molecule has 0 aromatic heterocycles. The zero-order valence-corrected chi connectivity index (χ0v) is 20.4. The second kappa shape index (κ2) is 10.9. The predicted octanol–water partition coefficient (Wildman–Crippen LogP) is 2.67. The number of phenolic OH excluding ortho intramolecular Hbond substituents is 1. The highest BCUT2D eigenvalue weighted by molar-refractivity contribution is 7.89. The van der Waals surface area contributed by atoms with E-state index in [2.05, 4.69) is 10.5 Å². The maximum absolute atomic E-state index is 13.5. The van der Waals surface area contributed by atoms with Crippen molar-refractivity contribution in [1.82, 2.24) is 9.62 Å². The summed E-state index contributed by atoms with van der Waals surface area (Å²) in [6.07, 6.45) is -0.963. The highest BCUT2D eigenvalue weighted by atomic mass is 32.2. The summed E-state index contributed by atoms with van der Waals surface area (Å²) in [7, 11) is -2.68. The number of carbonyl (C=O) groups is 1. The van der Waals surface area contributed by atoms with Gasteiger partial charge in [0.2, 0.25) is 15.9 Å². The van der Waals surface area contributed by atoms with Crippen LogP contribution in [0.15, 0.2) is 88.9 Å². The number of benzene rings is 3. The first kappa shape index (κ1) is 25.4. The van der Waals surface area contributed by atoms with Crippen LogP contribution in [0.4, 0.5) is 0 Å². The first-order valence-electron chi connectivity index (χ1n) is 11.3. The molecule has 1 aliphatic rings. The molecule has 0 bridgehead atoms. The number of oxime groups is 1. The van der Waals surface area contributed by atoms with E-state index in [0.717, 1.165) is 15.4 Å². The number of aliphatic hydroxyl groups is 1. The SMILES string of the molecule is CO/N=C1/C[C@@H](C(=O)NCC(O)c2ccc(O)cc2)N(S(=O)(=O)c2ccc(-c3ccccc3)cc2)C1. The molecule has 9 nitrogen and oxygen atoms in total. The summed E-state index contributed by atoms with van der Waals surface area (Å²) in [6, 6.07) is 21.0. The molecule has 1 saturated heterocycles. The van der Waals surface area contributed by atoms with Crippen LogP contribution >= 0.6 is 0 Å². The molecule has 1 fully saturated rings. The summed E-state index contributed by atoms with van der Waals surface area (Å²) in [5.41, 5.74) is 2.75. The van der Waals surface area contributed by atoms with Crippen LogP contribution in [0.1, 0.15) is 18.1 Å². The quantitative estimate of drug-likeness (QED) is 0.401. The van der Waals surface area contributed by atoms with Gasteiger partial charge in [0, 0.05) is 13.0 Å². The van der Waals surface area contributed by atoms with E-state index in [9.17, 15) is 23.4 Å². The third-order valence-corrected chi connectivity index (χ3v) is 7.82. The summed E-state index contributed by atoms with van der Waals surface area (Å²) in [6.45, 7) is -0.217. The number of phenols is 1. The number of hydrogen-bond acceptors (Lipinski definition) is 7. The zero-order valence-electron chi connectivity index (χ0n) is 19.6. The van der Waals surface area contributed by atoms with Gasteiger partial charge >= 0.3 is 0 Å². The Bertz CT molecular complexity index is 1330. The first-order chi connectivity index (χ1) is 17.3. The zero-order chi connectivity index (χ0) is 25.7. The number of rotatable bonds is 8. The van der Waals surface area contributed by atoms with Crippen LogP contribution in [0.3, 0.4) is 0 Å². The number of nitrogens with zero attached hydrogens (tertiary/aromatic N) is 2. The number of nitrogens with one attached hydrogen (secondary N) is 1. The summed E-state index contributed by atoms with van der Waals surface area (Å²) in [4.78, 5) is 17.9. The molecule has 1 unspecified atom stereocenters. The highest BCUT2D eigenvalue weighted by Gasteiger charge is 2.42. The van der Waals surface area contributed by atoms with Crippen molar-refractivity contribution < 1.29 is 28.3 Å². The Morgan fingerprint density at radius 3 is 2.33 bits per heavy atom. The maximum atomic E-state index is 13.5. The molecular weight excluding hydrogens is 482 g/mol. The van der Waals surface area contributed by atoms with Crippen LogP contribution < -0.4 is 5.32 Å². The Hall–Kier alpha value is -3.73. The lowest BCUT2D eigenvalue weighted by atomic mass is 10.1. The van der Waals surface area contributed by atoms with Crippen LogP contribution in [0.2, 0.25) is 0 Å². The van der Waals surface area contributed by atoms with Gasteiger partial charge in [-0.15, -0.1) is 0 Å². The van der Waals surface area contributed by atoms with Gasteiger partial charge in [0.05, 0.1) is 23.3 Å². The molecule has 1 aliphatic heterocycles. The van der Waals surface area contributed by atoms with Crippen molar-refractivity contribution in [3.8, 4) is 16.9 Å². The highest BCUT2D eigenvalue weighted by Crippen LogP contribution is 2.28. The van der Waals surface area contributed by atoms with E-state index in [0.29, 0.717) is 11.3 Å². The molecule has 3 N–H and O–H groups in total. The summed E-state index contributed by atoms with van der Waals surface area (Å²) < 4.78 is 28.1. The van der Waals surface area contributed by atoms with Crippen LogP contribution in [0.25, 0.3) is 11.1 Å². The predicted molar refractivity (Wildman–Crippen MR) is 135 cm³/mol. The number of sulfonamides is 1. The molecule has 188 valence electrons. The van der Waals surface area contributed by atoms with Gasteiger partial charge in [0.1, 0.15) is 18.9 Å². The molecule has 0 aliphatic carbocycles. The Morgan fingerprint density at radius 2 is 1.69 bits per heavy atom. The van der Waals surface area contributed by atoms with Gasteiger partial charge in [-0.05, 0) is 41.0 Å². The van der Waals surface area contributed by atoms with Crippen molar-refractivity contribution in [3.05, 3.63) is 84.4 Å². The normalized spacial score (nSPS) is 18.2. The van der Waals surface area contributed by atoms with Crippen LogP contribution in [-0.2, 0) is 19.7 Å². The fraction of sp³-hybridized carbons (Fsp3) is 0.231. The van der Waals surface area contributed by atoms with E-state index < -0.39 is 28.1 Å². The van der Waals surface area contributed by atoms with Crippen molar-refractivity contribution >= 4 is 21.6 Å². The molecular formula is C26H27N3O6S. The molecule has 0 spiro atoms. The molecule has 4 rings (SSSR count). The topological polar surface area (TPSA) is 129 Å². The lowest BCUT2D eigenvalue weighted by Gasteiger charge is -2.23. The molecule has 1 amide bonds. The number of aromatic hydroxyl groups is 1. The maximum Gasteiger partial charge on any atom is 0.244 e. The molecule has 36 heavy (non-hydrogen) atoms. The molecule has 1 heterocycles. The Morgan fingerprint density at radius 1 is 1.06 bits per heavy atom.